The first-order chi connectivity index (χ1) is 8.60. The predicted octanol–water partition coefficient (Wildman–Crippen LogP) is 5.03. The molecular formula is C14H10BrClN2. The summed E-state index contributed by atoms with van der Waals surface area (Å²) in [6, 6.07) is 13.2. The highest BCUT2D eigenvalue weighted by Crippen LogP contribution is 2.29. The van der Waals surface area contributed by atoms with Gasteiger partial charge in [-0.1, -0.05) is 27.5 Å². The van der Waals surface area contributed by atoms with Crippen LogP contribution in [0.15, 0.2) is 40.9 Å². The molecule has 0 aromatic heterocycles. The molecule has 0 amide bonds. The molecule has 2 aromatic rings. The number of nitrogens with zero attached hydrogens (tertiary/aromatic N) is 1. The molecule has 2 nitrogen and oxygen atoms in total. The van der Waals surface area contributed by atoms with Gasteiger partial charge in [0.05, 0.1) is 22.3 Å². The summed E-state index contributed by atoms with van der Waals surface area (Å²) < 4.78 is 1.04. The van der Waals surface area contributed by atoms with E-state index in [1.807, 2.05) is 31.2 Å². The smallest absolute Gasteiger partial charge is 0.0992 e. The molecule has 18 heavy (non-hydrogen) atoms. The molecule has 4 heteroatoms. The van der Waals surface area contributed by atoms with Crippen LogP contribution in [0.3, 0.4) is 0 Å². The van der Waals surface area contributed by atoms with Crippen molar-refractivity contribution in [2.24, 2.45) is 0 Å². The van der Waals surface area contributed by atoms with E-state index in [1.54, 1.807) is 12.1 Å². The molecule has 0 aliphatic heterocycles. The summed E-state index contributed by atoms with van der Waals surface area (Å²) in [7, 11) is 0. The first-order valence-corrected chi connectivity index (χ1v) is 6.50. The maximum absolute atomic E-state index is 8.78. The van der Waals surface area contributed by atoms with Crippen LogP contribution in [0, 0.1) is 18.3 Å². The highest BCUT2D eigenvalue weighted by molar-refractivity contribution is 9.10. The molecule has 0 bridgehead atoms. The van der Waals surface area contributed by atoms with Crippen LogP contribution in [0.2, 0.25) is 5.02 Å². The van der Waals surface area contributed by atoms with E-state index in [4.69, 9.17) is 16.9 Å². The number of hydrogen-bond donors (Lipinski definition) is 1. The molecule has 0 heterocycles. The lowest BCUT2D eigenvalue weighted by Gasteiger charge is -2.11. The Morgan fingerprint density at radius 1 is 1.17 bits per heavy atom. The van der Waals surface area contributed by atoms with E-state index in [2.05, 4.69) is 27.3 Å². The largest absolute Gasteiger partial charge is 0.354 e. The lowest BCUT2D eigenvalue weighted by molar-refractivity contribution is 1.41. The van der Waals surface area contributed by atoms with E-state index < -0.39 is 0 Å². The highest BCUT2D eigenvalue weighted by Gasteiger charge is 2.04. The van der Waals surface area contributed by atoms with Crippen LogP contribution in [0.1, 0.15) is 11.1 Å². The van der Waals surface area contributed by atoms with Crippen LogP contribution in [0.5, 0.6) is 0 Å². The number of anilines is 2. The SMILES string of the molecule is Cc1cc(Br)ccc1Nc1ccc(C#N)cc1Cl. The molecule has 0 radical (unpaired) electrons. The van der Waals surface area contributed by atoms with Gasteiger partial charge in [0.15, 0.2) is 0 Å². The van der Waals surface area contributed by atoms with E-state index in [1.165, 1.54) is 0 Å². The molecule has 90 valence electrons. The van der Waals surface area contributed by atoms with Gasteiger partial charge in [0.2, 0.25) is 0 Å². The van der Waals surface area contributed by atoms with E-state index in [0.29, 0.717) is 10.6 Å². The molecule has 0 saturated carbocycles. The molecule has 0 aliphatic carbocycles. The average molecular weight is 322 g/mol. The monoisotopic (exact) mass is 320 g/mol. The van der Waals surface area contributed by atoms with E-state index in [0.717, 1.165) is 21.4 Å². The fourth-order valence-electron chi connectivity index (χ4n) is 1.60. The molecule has 0 spiro atoms. The number of aryl methyl sites for hydroxylation is 1. The maximum atomic E-state index is 8.78. The predicted molar refractivity (Wildman–Crippen MR) is 78.3 cm³/mol. The van der Waals surface area contributed by atoms with E-state index in [-0.39, 0.29) is 0 Å². The van der Waals surface area contributed by atoms with Gasteiger partial charge in [-0.05, 0) is 48.9 Å². The van der Waals surface area contributed by atoms with Gasteiger partial charge in [-0.25, -0.2) is 0 Å². The summed E-state index contributed by atoms with van der Waals surface area (Å²) in [6.45, 7) is 2.02. The summed E-state index contributed by atoms with van der Waals surface area (Å²) in [4.78, 5) is 0. The van der Waals surface area contributed by atoms with Crippen molar-refractivity contribution in [3.63, 3.8) is 0 Å². The number of hydrogen-bond acceptors (Lipinski definition) is 2. The van der Waals surface area contributed by atoms with Crippen LogP contribution in [-0.4, -0.2) is 0 Å². The number of benzene rings is 2. The van der Waals surface area contributed by atoms with Gasteiger partial charge >= 0.3 is 0 Å². The van der Waals surface area contributed by atoms with Gasteiger partial charge in [0.25, 0.3) is 0 Å². The number of halogens is 2. The quantitative estimate of drug-likeness (QED) is 0.842. The molecular weight excluding hydrogens is 312 g/mol. The summed E-state index contributed by atoms with van der Waals surface area (Å²) in [5, 5.41) is 12.6. The number of nitriles is 1. The third kappa shape index (κ3) is 2.84. The normalized spacial score (nSPS) is 9.89. The lowest BCUT2D eigenvalue weighted by Crippen LogP contribution is -1.94. The van der Waals surface area contributed by atoms with Gasteiger partial charge in [-0.2, -0.15) is 5.26 Å². The second-order valence-corrected chi connectivity index (χ2v) is 5.21. The Bertz CT molecular complexity index is 632. The van der Waals surface area contributed by atoms with Gasteiger partial charge in [-0.15, -0.1) is 0 Å². The van der Waals surface area contributed by atoms with Crippen molar-refractivity contribution < 1.29 is 0 Å². The average Bonchev–Trinajstić information content (AvgIpc) is 2.34. The second-order valence-electron chi connectivity index (χ2n) is 3.89. The van der Waals surface area contributed by atoms with Gasteiger partial charge < -0.3 is 5.32 Å². The van der Waals surface area contributed by atoms with Gasteiger partial charge in [0.1, 0.15) is 0 Å². The molecule has 0 unspecified atom stereocenters. The Hall–Kier alpha value is -1.50. The van der Waals surface area contributed by atoms with Gasteiger partial charge in [-0.3, -0.25) is 0 Å². The molecule has 1 N–H and O–H groups in total. The maximum Gasteiger partial charge on any atom is 0.0992 e. The third-order valence-electron chi connectivity index (χ3n) is 2.56. The Morgan fingerprint density at radius 2 is 1.89 bits per heavy atom. The fourth-order valence-corrected chi connectivity index (χ4v) is 2.30. The zero-order chi connectivity index (χ0) is 13.1. The van der Waals surface area contributed by atoms with Crippen LogP contribution < -0.4 is 5.32 Å². The first-order valence-electron chi connectivity index (χ1n) is 5.33. The Balaban J connectivity index is 2.32. The number of nitrogens with one attached hydrogen (secondary N) is 1. The Morgan fingerprint density at radius 3 is 2.50 bits per heavy atom. The van der Waals surface area contributed by atoms with Crippen molar-refractivity contribution in [3.05, 3.63) is 57.0 Å². The van der Waals surface area contributed by atoms with Crippen LogP contribution >= 0.6 is 27.5 Å². The summed E-state index contributed by atoms with van der Waals surface area (Å²) in [6.07, 6.45) is 0. The van der Waals surface area contributed by atoms with Crippen LogP contribution in [0.25, 0.3) is 0 Å². The van der Waals surface area contributed by atoms with E-state index >= 15 is 0 Å². The standard InChI is InChI=1S/C14H10BrClN2/c1-9-6-11(15)3-5-13(9)18-14-4-2-10(8-17)7-12(14)16/h2-7,18H,1H3. The first kappa shape index (κ1) is 12.9. The third-order valence-corrected chi connectivity index (χ3v) is 3.36. The molecule has 0 atom stereocenters. The van der Waals surface area contributed by atoms with Gasteiger partial charge in [0, 0.05) is 10.2 Å². The fraction of sp³-hybridized carbons (Fsp3) is 0.0714. The molecule has 2 rings (SSSR count). The molecule has 0 saturated heterocycles. The summed E-state index contributed by atoms with van der Waals surface area (Å²) in [5.74, 6) is 0. The van der Waals surface area contributed by atoms with Crippen molar-refractivity contribution in [1.29, 1.82) is 5.26 Å². The topological polar surface area (TPSA) is 35.8 Å². The lowest BCUT2D eigenvalue weighted by atomic mass is 10.1. The summed E-state index contributed by atoms with van der Waals surface area (Å²) in [5.41, 5.74) is 3.45. The second kappa shape index (κ2) is 5.43. The van der Waals surface area contributed by atoms with Crippen molar-refractivity contribution >= 4 is 38.9 Å². The van der Waals surface area contributed by atoms with Crippen molar-refractivity contribution in [1.82, 2.24) is 0 Å². The summed E-state index contributed by atoms with van der Waals surface area (Å²) >= 11 is 9.54. The zero-order valence-corrected chi connectivity index (χ0v) is 12.0. The molecule has 0 aliphatic rings. The number of rotatable bonds is 2. The minimum atomic E-state index is 0.538. The highest BCUT2D eigenvalue weighted by atomic mass is 79.9. The van der Waals surface area contributed by atoms with Crippen molar-refractivity contribution in [2.45, 2.75) is 6.92 Å². The Kier molecular flexibility index (Phi) is 3.90. The minimum absolute atomic E-state index is 0.538. The van der Waals surface area contributed by atoms with Crippen molar-refractivity contribution in [3.8, 4) is 6.07 Å². The molecule has 2 aromatic carbocycles. The minimum Gasteiger partial charge on any atom is -0.354 e. The van der Waals surface area contributed by atoms with E-state index in [9.17, 15) is 0 Å². The molecule has 0 fully saturated rings. The Labute approximate surface area is 119 Å². The van der Waals surface area contributed by atoms with Crippen LogP contribution in [0.4, 0.5) is 11.4 Å². The zero-order valence-electron chi connectivity index (χ0n) is 9.67. The van der Waals surface area contributed by atoms with Crippen molar-refractivity contribution in [2.75, 3.05) is 5.32 Å². The van der Waals surface area contributed by atoms with Crippen LogP contribution in [-0.2, 0) is 0 Å².